The van der Waals surface area contributed by atoms with Crippen molar-refractivity contribution in [1.82, 2.24) is 4.57 Å². The Balaban J connectivity index is 1.47. The van der Waals surface area contributed by atoms with Gasteiger partial charge >= 0.3 is 0 Å². The van der Waals surface area contributed by atoms with Crippen LogP contribution in [0.15, 0.2) is 76.6 Å². The largest absolute Gasteiger partial charge is 0.383 e. The number of ether oxygens (including phenoxy) is 1. The molecule has 1 aromatic heterocycles. The van der Waals surface area contributed by atoms with Crippen LogP contribution in [-0.4, -0.2) is 39.2 Å². The summed E-state index contributed by atoms with van der Waals surface area (Å²) >= 11 is 7.79. The maximum Gasteiger partial charge on any atom is 0.279 e. The lowest BCUT2D eigenvalue weighted by Crippen LogP contribution is -2.35. The molecular formula is C26H24ClN3O4S2. The second kappa shape index (κ2) is 10.2. The molecule has 186 valence electrons. The number of carbonyl (C=O) groups is 1. The number of nitrogens with zero attached hydrogens (tertiary/aromatic N) is 3. The van der Waals surface area contributed by atoms with E-state index in [0.717, 1.165) is 28.6 Å². The Labute approximate surface area is 218 Å². The Kier molecular flexibility index (Phi) is 6.98. The molecule has 0 radical (unpaired) electrons. The number of aromatic nitrogens is 1. The summed E-state index contributed by atoms with van der Waals surface area (Å²) in [6.07, 6.45) is 1.61. The van der Waals surface area contributed by atoms with E-state index in [4.69, 9.17) is 16.3 Å². The number of benzene rings is 3. The normalized spacial score (nSPS) is 14.3. The van der Waals surface area contributed by atoms with E-state index in [1.54, 1.807) is 13.2 Å². The van der Waals surface area contributed by atoms with Crippen LogP contribution in [0.4, 0.5) is 5.69 Å². The summed E-state index contributed by atoms with van der Waals surface area (Å²) in [6.45, 7) is 1.34. The third-order valence-electron chi connectivity index (χ3n) is 6.12. The molecule has 36 heavy (non-hydrogen) atoms. The molecule has 0 aliphatic carbocycles. The zero-order chi connectivity index (χ0) is 25.3. The molecule has 4 aromatic rings. The van der Waals surface area contributed by atoms with Crippen molar-refractivity contribution < 1.29 is 17.9 Å². The number of methoxy groups -OCH3 is 1. The number of hydrogen-bond acceptors (Lipinski definition) is 5. The van der Waals surface area contributed by atoms with Gasteiger partial charge in [-0.15, -0.1) is 0 Å². The van der Waals surface area contributed by atoms with Crippen LogP contribution in [0.2, 0.25) is 5.02 Å². The first-order valence-corrected chi connectivity index (χ1v) is 14.1. The molecule has 10 heteroatoms. The van der Waals surface area contributed by atoms with E-state index in [9.17, 15) is 13.2 Å². The summed E-state index contributed by atoms with van der Waals surface area (Å²) in [5.41, 5.74) is 2.83. The molecule has 1 amide bonds. The Morgan fingerprint density at radius 2 is 1.86 bits per heavy atom. The van der Waals surface area contributed by atoms with E-state index in [-0.39, 0.29) is 4.90 Å². The highest BCUT2D eigenvalue weighted by atomic mass is 35.5. The molecule has 0 saturated heterocycles. The number of rotatable bonds is 6. The predicted octanol–water partition coefficient (Wildman–Crippen LogP) is 4.89. The molecule has 0 bridgehead atoms. The lowest BCUT2D eigenvalue weighted by molar-refractivity contribution is 0.0997. The molecule has 1 aliphatic rings. The van der Waals surface area contributed by atoms with E-state index >= 15 is 0 Å². The summed E-state index contributed by atoms with van der Waals surface area (Å²) in [7, 11) is -2.15. The molecule has 0 unspecified atom stereocenters. The molecule has 0 saturated carbocycles. The van der Waals surface area contributed by atoms with Crippen molar-refractivity contribution in [2.75, 3.05) is 24.6 Å². The molecule has 0 atom stereocenters. The molecule has 0 N–H and O–H groups in total. The monoisotopic (exact) mass is 541 g/mol. The van der Waals surface area contributed by atoms with Gasteiger partial charge in [0.25, 0.3) is 15.9 Å². The number of para-hydroxylation sites is 2. The second-order valence-corrected chi connectivity index (χ2v) is 11.6. The van der Waals surface area contributed by atoms with Crippen molar-refractivity contribution in [2.24, 2.45) is 4.99 Å². The first-order chi connectivity index (χ1) is 17.4. The van der Waals surface area contributed by atoms with Crippen LogP contribution in [-0.2, 0) is 27.7 Å². The van der Waals surface area contributed by atoms with E-state index < -0.39 is 15.9 Å². The number of thiazole rings is 1. The lowest BCUT2D eigenvalue weighted by atomic mass is 10.0. The van der Waals surface area contributed by atoms with Crippen molar-refractivity contribution in [3.8, 4) is 0 Å². The molecule has 3 aromatic carbocycles. The summed E-state index contributed by atoms with van der Waals surface area (Å²) in [6, 6.07) is 19.1. The number of aryl methyl sites for hydroxylation is 1. The van der Waals surface area contributed by atoms with Gasteiger partial charge < -0.3 is 9.30 Å². The minimum atomic E-state index is -3.76. The summed E-state index contributed by atoms with van der Waals surface area (Å²) < 4.78 is 36.2. The van der Waals surface area contributed by atoms with Crippen molar-refractivity contribution in [3.05, 3.63) is 87.7 Å². The smallest absolute Gasteiger partial charge is 0.279 e. The minimum absolute atomic E-state index is 0.138. The molecule has 0 fully saturated rings. The molecule has 1 aliphatic heterocycles. The van der Waals surface area contributed by atoms with Gasteiger partial charge in [0.05, 0.1) is 32.4 Å². The number of sulfonamides is 1. The quantitative estimate of drug-likeness (QED) is 0.348. The van der Waals surface area contributed by atoms with Crippen LogP contribution in [0.1, 0.15) is 22.3 Å². The fraction of sp³-hybridized carbons (Fsp3) is 0.231. The number of halogens is 1. The molecular weight excluding hydrogens is 518 g/mol. The van der Waals surface area contributed by atoms with Crippen LogP contribution in [0.25, 0.3) is 10.2 Å². The van der Waals surface area contributed by atoms with E-state index in [1.165, 1.54) is 39.9 Å². The maximum atomic E-state index is 13.4. The summed E-state index contributed by atoms with van der Waals surface area (Å²) in [5.74, 6) is -0.462. The van der Waals surface area contributed by atoms with E-state index in [1.807, 2.05) is 41.0 Å². The zero-order valence-electron chi connectivity index (χ0n) is 19.6. The average Bonchev–Trinajstić information content (AvgIpc) is 3.25. The van der Waals surface area contributed by atoms with Gasteiger partial charge in [-0.05, 0) is 60.9 Å². The summed E-state index contributed by atoms with van der Waals surface area (Å²) in [5, 5.41) is 0.572. The maximum absolute atomic E-state index is 13.4. The van der Waals surface area contributed by atoms with Crippen LogP contribution in [0.5, 0.6) is 0 Å². The van der Waals surface area contributed by atoms with E-state index in [0.29, 0.717) is 40.8 Å². The van der Waals surface area contributed by atoms with Crippen LogP contribution >= 0.6 is 22.9 Å². The molecule has 5 rings (SSSR count). The Morgan fingerprint density at radius 1 is 1.08 bits per heavy atom. The Morgan fingerprint density at radius 3 is 2.64 bits per heavy atom. The SMILES string of the molecule is COCCn1c(=NC(=O)c2ccc(S(=O)(=O)N3CCCc4ccccc43)cc2)sc2cccc(Cl)c21. The van der Waals surface area contributed by atoms with Gasteiger partial charge in [0, 0.05) is 25.8 Å². The number of fused-ring (bicyclic) bond motifs is 2. The minimum Gasteiger partial charge on any atom is -0.383 e. The van der Waals surface area contributed by atoms with Gasteiger partial charge in [0.15, 0.2) is 4.80 Å². The lowest BCUT2D eigenvalue weighted by Gasteiger charge is -2.30. The van der Waals surface area contributed by atoms with Crippen molar-refractivity contribution in [3.63, 3.8) is 0 Å². The number of carbonyl (C=O) groups excluding carboxylic acids is 1. The van der Waals surface area contributed by atoms with Crippen LogP contribution < -0.4 is 9.11 Å². The van der Waals surface area contributed by atoms with Gasteiger partial charge in [-0.3, -0.25) is 9.10 Å². The third kappa shape index (κ3) is 4.59. The highest BCUT2D eigenvalue weighted by Crippen LogP contribution is 2.32. The first kappa shape index (κ1) is 24.7. The predicted molar refractivity (Wildman–Crippen MR) is 142 cm³/mol. The summed E-state index contributed by atoms with van der Waals surface area (Å²) in [4.78, 5) is 18.0. The number of amides is 1. The average molecular weight is 542 g/mol. The van der Waals surface area contributed by atoms with Gasteiger partial charge in [-0.2, -0.15) is 4.99 Å². The zero-order valence-corrected chi connectivity index (χ0v) is 21.9. The Hall–Kier alpha value is -2.98. The fourth-order valence-corrected chi connectivity index (χ4v) is 7.31. The fourth-order valence-electron chi connectivity index (χ4n) is 4.36. The molecule has 0 spiro atoms. The highest BCUT2D eigenvalue weighted by molar-refractivity contribution is 7.92. The number of hydrogen-bond donors (Lipinski definition) is 0. The van der Waals surface area contributed by atoms with Crippen LogP contribution in [0, 0.1) is 0 Å². The van der Waals surface area contributed by atoms with Gasteiger partial charge in [0.2, 0.25) is 0 Å². The highest BCUT2D eigenvalue weighted by Gasteiger charge is 2.29. The van der Waals surface area contributed by atoms with Crippen molar-refractivity contribution >= 4 is 54.8 Å². The standard InChI is InChI=1S/C26H24ClN3O4S2/c1-34-17-16-29-24-21(27)8-4-10-23(24)35-26(29)28-25(31)19-11-13-20(14-12-19)36(32,33)30-15-5-7-18-6-2-3-9-22(18)30/h2-4,6,8-14H,5,7,15-17H2,1H3. The van der Waals surface area contributed by atoms with Crippen LogP contribution in [0.3, 0.4) is 0 Å². The topological polar surface area (TPSA) is 81.0 Å². The Bertz CT molecular complexity index is 1610. The van der Waals surface area contributed by atoms with Gasteiger partial charge in [0.1, 0.15) is 0 Å². The van der Waals surface area contributed by atoms with Crippen molar-refractivity contribution in [2.45, 2.75) is 24.3 Å². The third-order valence-corrected chi connectivity index (χ3v) is 9.30. The second-order valence-electron chi connectivity index (χ2n) is 8.37. The number of anilines is 1. The molecule has 2 heterocycles. The molecule has 7 nitrogen and oxygen atoms in total. The first-order valence-electron chi connectivity index (χ1n) is 11.5. The van der Waals surface area contributed by atoms with Crippen molar-refractivity contribution in [1.29, 1.82) is 0 Å². The van der Waals surface area contributed by atoms with Gasteiger partial charge in [-0.1, -0.05) is 47.2 Å². The van der Waals surface area contributed by atoms with E-state index in [2.05, 4.69) is 4.99 Å². The van der Waals surface area contributed by atoms with Gasteiger partial charge in [-0.25, -0.2) is 8.42 Å².